The Bertz CT molecular complexity index is 875. The van der Waals surface area contributed by atoms with Gasteiger partial charge in [-0.05, 0) is 27.1 Å². The molecule has 0 spiro atoms. The van der Waals surface area contributed by atoms with Crippen LogP contribution in [-0.4, -0.2) is 11.0 Å². The van der Waals surface area contributed by atoms with Crippen LogP contribution in [0.4, 0.5) is 0 Å². The molecule has 0 aliphatic rings. The van der Waals surface area contributed by atoms with Crippen LogP contribution in [0, 0.1) is 5.92 Å². The zero-order valence-electron chi connectivity index (χ0n) is 18.2. The molecule has 156 valence electrons. The van der Waals surface area contributed by atoms with E-state index in [0.717, 1.165) is 6.54 Å². The summed E-state index contributed by atoms with van der Waals surface area (Å²) in [6, 6.07) is 44.3. The van der Waals surface area contributed by atoms with Gasteiger partial charge in [0.1, 0.15) is 0 Å². The van der Waals surface area contributed by atoms with Crippen molar-refractivity contribution in [2.45, 2.75) is 13.8 Å². The predicted octanol–water partition coefficient (Wildman–Crippen LogP) is 6.04. The minimum atomic E-state index is -0.671. The van der Waals surface area contributed by atoms with Gasteiger partial charge in [0.05, 0.1) is 0 Å². The molecule has 0 saturated carbocycles. The van der Waals surface area contributed by atoms with E-state index in [9.17, 15) is 0 Å². The molecular formula is C28H29NP2. The quantitative estimate of drug-likeness (QED) is 0.301. The third kappa shape index (κ3) is 5.50. The zero-order chi connectivity index (χ0) is 21.5. The van der Waals surface area contributed by atoms with E-state index in [2.05, 4.69) is 140 Å². The smallest absolute Gasteiger partial charge is 0.0323 e. The number of nitrogens with zero attached hydrogens (tertiary/aromatic N) is 1. The molecule has 0 unspecified atom stereocenters. The van der Waals surface area contributed by atoms with Gasteiger partial charge in [0.2, 0.25) is 0 Å². The van der Waals surface area contributed by atoms with Crippen molar-refractivity contribution in [3.8, 4) is 0 Å². The summed E-state index contributed by atoms with van der Waals surface area (Å²) < 4.78 is 2.81. The van der Waals surface area contributed by atoms with Gasteiger partial charge in [0.15, 0.2) is 0 Å². The summed E-state index contributed by atoms with van der Waals surface area (Å²) in [6.07, 6.45) is 0. The van der Waals surface area contributed by atoms with E-state index in [0.29, 0.717) is 5.92 Å². The van der Waals surface area contributed by atoms with Gasteiger partial charge in [0, 0.05) is 22.7 Å². The number of hydrogen-bond donors (Lipinski definition) is 0. The summed E-state index contributed by atoms with van der Waals surface area (Å²) >= 11 is 0. The van der Waals surface area contributed by atoms with Crippen molar-refractivity contribution in [2.75, 3.05) is 6.54 Å². The first-order valence-corrected chi connectivity index (χ1v) is 13.4. The monoisotopic (exact) mass is 441 g/mol. The zero-order valence-corrected chi connectivity index (χ0v) is 20.0. The first-order chi connectivity index (χ1) is 15.2. The Labute approximate surface area is 189 Å². The van der Waals surface area contributed by atoms with Gasteiger partial charge < -0.3 is 0 Å². The Kier molecular flexibility index (Phi) is 7.66. The van der Waals surface area contributed by atoms with E-state index < -0.39 is 16.1 Å². The third-order valence-electron chi connectivity index (χ3n) is 4.99. The molecule has 0 amide bonds. The van der Waals surface area contributed by atoms with Crippen LogP contribution in [0.2, 0.25) is 0 Å². The third-order valence-corrected chi connectivity index (χ3v) is 10.5. The summed E-state index contributed by atoms with van der Waals surface area (Å²) in [5.74, 6) is 0.565. The normalized spacial score (nSPS) is 11.5. The van der Waals surface area contributed by atoms with Crippen molar-refractivity contribution < 1.29 is 0 Å². The van der Waals surface area contributed by atoms with Gasteiger partial charge in [-0.2, -0.15) is 0 Å². The van der Waals surface area contributed by atoms with E-state index >= 15 is 0 Å². The van der Waals surface area contributed by atoms with Crippen molar-refractivity contribution in [1.29, 1.82) is 0 Å². The highest BCUT2D eigenvalue weighted by atomic mass is 31.2. The average Bonchev–Trinajstić information content (AvgIpc) is 2.82. The first kappa shape index (κ1) is 21.9. The molecular weight excluding hydrogens is 412 g/mol. The van der Waals surface area contributed by atoms with E-state index in [-0.39, 0.29) is 0 Å². The summed E-state index contributed by atoms with van der Waals surface area (Å²) in [5.41, 5.74) is 0. The van der Waals surface area contributed by atoms with Gasteiger partial charge in [0.25, 0.3) is 0 Å². The Morgan fingerprint density at radius 3 is 0.968 bits per heavy atom. The molecule has 0 atom stereocenters. The molecule has 0 N–H and O–H groups in total. The Hall–Kier alpha value is -2.30. The largest absolute Gasteiger partial charge is 0.245 e. The lowest BCUT2D eigenvalue weighted by molar-refractivity contribution is 0.544. The lowest BCUT2D eigenvalue weighted by Gasteiger charge is -2.40. The predicted molar refractivity (Wildman–Crippen MR) is 140 cm³/mol. The highest BCUT2D eigenvalue weighted by Gasteiger charge is 2.31. The molecule has 0 fully saturated rings. The summed E-state index contributed by atoms with van der Waals surface area (Å²) in [6.45, 7) is 5.71. The lowest BCUT2D eigenvalue weighted by atomic mass is 10.2. The fraction of sp³-hybridized carbons (Fsp3) is 0.143. The Morgan fingerprint density at radius 1 is 0.484 bits per heavy atom. The van der Waals surface area contributed by atoms with Crippen LogP contribution >= 0.6 is 16.1 Å². The highest BCUT2D eigenvalue weighted by molar-refractivity contribution is 7.84. The van der Waals surface area contributed by atoms with Gasteiger partial charge in [-0.15, -0.1) is 0 Å². The molecule has 4 aromatic rings. The Morgan fingerprint density at radius 2 is 0.742 bits per heavy atom. The van der Waals surface area contributed by atoms with Crippen molar-refractivity contribution in [3.05, 3.63) is 121 Å². The van der Waals surface area contributed by atoms with Gasteiger partial charge in [-0.1, -0.05) is 135 Å². The maximum Gasteiger partial charge on any atom is 0.0323 e. The molecule has 0 saturated heterocycles. The van der Waals surface area contributed by atoms with Gasteiger partial charge in [-0.25, -0.2) is 4.44 Å². The molecule has 0 aromatic heterocycles. The maximum absolute atomic E-state index is 2.81. The minimum absolute atomic E-state index is 0.565. The summed E-state index contributed by atoms with van der Waals surface area (Å²) in [4.78, 5) is 0. The second-order valence-corrected chi connectivity index (χ2v) is 12.5. The standard InChI is InChI=1S/C28H29NP2/c1-24(2)23-29(30(25-15-7-3-8-16-25)26-17-9-4-10-18-26)31(27-19-11-5-12-20-27)28-21-13-6-14-22-28/h3-22,24H,23H2,1-2H3. The van der Waals surface area contributed by atoms with Crippen LogP contribution in [0.5, 0.6) is 0 Å². The van der Waals surface area contributed by atoms with Crippen molar-refractivity contribution in [2.24, 2.45) is 5.92 Å². The second-order valence-electron chi connectivity index (χ2n) is 7.91. The van der Waals surface area contributed by atoms with Crippen LogP contribution in [0.1, 0.15) is 13.8 Å². The fourth-order valence-electron chi connectivity index (χ4n) is 3.69. The van der Waals surface area contributed by atoms with E-state index in [1.807, 2.05) is 0 Å². The molecule has 4 rings (SSSR count). The molecule has 0 radical (unpaired) electrons. The average molecular weight is 441 g/mol. The first-order valence-electron chi connectivity index (χ1n) is 10.8. The minimum Gasteiger partial charge on any atom is -0.245 e. The molecule has 4 aromatic carbocycles. The number of rotatable bonds is 8. The Balaban J connectivity index is 1.92. The lowest BCUT2D eigenvalue weighted by Crippen LogP contribution is -2.33. The topological polar surface area (TPSA) is 3.24 Å². The summed E-state index contributed by atoms with van der Waals surface area (Å²) in [5, 5.41) is 5.62. The van der Waals surface area contributed by atoms with E-state index in [4.69, 9.17) is 0 Å². The van der Waals surface area contributed by atoms with Crippen LogP contribution in [0.15, 0.2) is 121 Å². The van der Waals surface area contributed by atoms with Gasteiger partial charge in [-0.3, -0.25) is 0 Å². The molecule has 31 heavy (non-hydrogen) atoms. The second kappa shape index (κ2) is 10.8. The van der Waals surface area contributed by atoms with Gasteiger partial charge >= 0.3 is 0 Å². The molecule has 0 heterocycles. The van der Waals surface area contributed by atoms with Crippen molar-refractivity contribution >= 4 is 37.4 Å². The van der Waals surface area contributed by atoms with E-state index in [1.54, 1.807) is 0 Å². The van der Waals surface area contributed by atoms with Crippen molar-refractivity contribution in [1.82, 2.24) is 4.44 Å². The van der Waals surface area contributed by atoms with Crippen LogP contribution in [0.3, 0.4) is 0 Å². The molecule has 1 nitrogen and oxygen atoms in total. The van der Waals surface area contributed by atoms with Crippen LogP contribution in [-0.2, 0) is 0 Å². The molecule has 0 bridgehead atoms. The maximum atomic E-state index is 2.81. The highest BCUT2D eigenvalue weighted by Crippen LogP contribution is 2.54. The molecule has 0 aliphatic heterocycles. The van der Waals surface area contributed by atoms with Crippen LogP contribution in [0.25, 0.3) is 0 Å². The van der Waals surface area contributed by atoms with Crippen molar-refractivity contribution in [3.63, 3.8) is 0 Å². The summed E-state index contributed by atoms with van der Waals surface area (Å²) in [7, 11) is -1.34. The van der Waals surface area contributed by atoms with Crippen LogP contribution < -0.4 is 21.2 Å². The number of hydrogen-bond acceptors (Lipinski definition) is 1. The SMILES string of the molecule is CC(C)CN(P(c1ccccc1)c1ccccc1)P(c1ccccc1)c1ccccc1. The molecule has 0 aliphatic carbocycles. The fourth-order valence-corrected chi connectivity index (χ4v) is 10.1. The van der Waals surface area contributed by atoms with E-state index in [1.165, 1.54) is 21.2 Å². The molecule has 3 heteroatoms. The number of benzene rings is 4.